The lowest BCUT2D eigenvalue weighted by molar-refractivity contribution is 0.220. The first-order chi connectivity index (χ1) is 14.0. The van der Waals surface area contributed by atoms with E-state index in [-0.39, 0.29) is 5.82 Å². The molecule has 150 valence electrons. The van der Waals surface area contributed by atoms with Crippen LogP contribution in [0.25, 0.3) is 11.3 Å². The Balaban J connectivity index is 1.51. The molecule has 29 heavy (non-hydrogen) atoms. The summed E-state index contributed by atoms with van der Waals surface area (Å²) < 4.78 is 13.3. The zero-order valence-electron chi connectivity index (χ0n) is 17.3. The molecule has 1 atom stereocenters. The van der Waals surface area contributed by atoms with Crippen LogP contribution in [-0.2, 0) is 6.54 Å². The summed E-state index contributed by atoms with van der Waals surface area (Å²) in [5.41, 5.74) is 5.31. The SMILES string of the molecule is Cc1c(-c2ccc(F)cc2)nnc(N2CCN(Cc3ccccc3)CC2C)c1C. The third-order valence-corrected chi connectivity index (χ3v) is 5.85. The van der Waals surface area contributed by atoms with Crippen LogP contribution in [0.4, 0.5) is 10.2 Å². The molecule has 1 saturated heterocycles. The third kappa shape index (κ3) is 4.15. The fourth-order valence-corrected chi connectivity index (χ4v) is 4.08. The minimum absolute atomic E-state index is 0.241. The maximum absolute atomic E-state index is 13.3. The molecule has 0 saturated carbocycles. The van der Waals surface area contributed by atoms with Crippen LogP contribution in [0.3, 0.4) is 0 Å². The van der Waals surface area contributed by atoms with Crippen LogP contribution in [0.1, 0.15) is 23.6 Å². The van der Waals surface area contributed by atoms with E-state index in [1.54, 1.807) is 12.1 Å². The maximum Gasteiger partial charge on any atom is 0.154 e. The predicted molar refractivity (Wildman–Crippen MR) is 115 cm³/mol. The van der Waals surface area contributed by atoms with Crippen LogP contribution < -0.4 is 4.90 Å². The Labute approximate surface area is 172 Å². The first-order valence-electron chi connectivity index (χ1n) is 10.2. The number of hydrogen-bond donors (Lipinski definition) is 0. The van der Waals surface area contributed by atoms with Gasteiger partial charge in [-0.15, -0.1) is 10.2 Å². The van der Waals surface area contributed by atoms with Crippen LogP contribution in [0.2, 0.25) is 0 Å². The molecule has 0 aliphatic carbocycles. The van der Waals surface area contributed by atoms with Gasteiger partial charge in [0, 0.05) is 37.8 Å². The lowest BCUT2D eigenvalue weighted by Gasteiger charge is -2.41. The van der Waals surface area contributed by atoms with Gasteiger partial charge in [-0.05, 0) is 61.7 Å². The first kappa shape index (κ1) is 19.5. The van der Waals surface area contributed by atoms with Gasteiger partial charge in [-0.1, -0.05) is 30.3 Å². The summed E-state index contributed by atoms with van der Waals surface area (Å²) in [6.07, 6.45) is 0. The van der Waals surface area contributed by atoms with Gasteiger partial charge in [0.05, 0.1) is 5.69 Å². The zero-order chi connectivity index (χ0) is 20.4. The van der Waals surface area contributed by atoms with E-state index in [1.165, 1.54) is 17.7 Å². The number of benzene rings is 2. The Kier molecular flexibility index (Phi) is 5.58. The average Bonchev–Trinajstić information content (AvgIpc) is 2.72. The summed E-state index contributed by atoms with van der Waals surface area (Å²) >= 11 is 0. The molecule has 0 spiro atoms. The van der Waals surface area contributed by atoms with Gasteiger partial charge >= 0.3 is 0 Å². The second kappa shape index (κ2) is 8.29. The van der Waals surface area contributed by atoms with Crippen LogP contribution in [0.15, 0.2) is 54.6 Å². The van der Waals surface area contributed by atoms with Crippen molar-refractivity contribution in [2.75, 3.05) is 24.5 Å². The Hall–Kier alpha value is -2.79. The average molecular weight is 391 g/mol. The Morgan fingerprint density at radius 3 is 2.34 bits per heavy atom. The van der Waals surface area contributed by atoms with Crippen molar-refractivity contribution in [3.05, 3.63) is 77.1 Å². The molecule has 1 fully saturated rings. The Bertz CT molecular complexity index is 972. The van der Waals surface area contributed by atoms with E-state index in [0.717, 1.165) is 54.4 Å². The largest absolute Gasteiger partial charge is 0.350 e. The summed E-state index contributed by atoms with van der Waals surface area (Å²) in [6, 6.07) is 17.4. The smallest absolute Gasteiger partial charge is 0.154 e. The molecule has 4 rings (SSSR count). The van der Waals surface area contributed by atoms with E-state index >= 15 is 0 Å². The number of hydrogen-bond acceptors (Lipinski definition) is 4. The molecule has 3 aromatic rings. The molecule has 0 bridgehead atoms. The quantitative estimate of drug-likeness (QED) is 0.651. The standard InChI is InChI=1S/C24H27FN4/c1-17-15-28(16-20-7-5-4-6-8-20)13-14-29(17)24-19(3)18(2)23(26-27-24)21-9-11-22(25)12-10-21/h4-12,17H,13-16H2,1-3H3. The molecule has 2 aromatic carbocycles. The molecule has 4 nitrogen and oxygen atoms in total. The lowest BCUT2D eigenvalue weighted by atomic mass is 10.0. The number of halogens is 1. The second-order valence-corrected chi connectivity index (χ2v) is 7.89. The van der Waals surface area contributed by atoms with E-state index in [0.29, 0.717) is 6.04 Å². The maximum atomic E-state index is 13.3. The molecule has 1 aliphatic rings. The summed E-state index contributed by atoms with van der Waals surface area (Å²) in [7, 11) is 0. The normalized spacial score (nSPS) is 17.5. The zero-order valence-corrected chi connectivity index (χ0v) is 17.3. The number of anilines is 1. The minimum atomic E-state index is -0.241. The molecule has 0 amide bonds. The summed E-state index contributed by atoms with van der Waals surface area (Å²) in [6.45, 7) is 10.3. The fourth-order valence-electron chi connectivity index (χ4n) is 4.08. The van der Waals surface area contributed by atoms with Gasteiger partial charge in [0.15, 0.2) is 5.82 Å². The number of nitrogens with zero attached hydrogens (tertiary/aromatic N) is 4. The third-order valence-electron chi connectivity index (χ3n) is 5.85. The van der Waals surface area contributed by atoms with Crippen LogP contribution >= 0.6 is 0 Å². The molecule has 0 N–H and O–H groups in total. The van der Waals surface area contributed by atoms with Crippen LogP contribution in [0.5, 0.6) is 0 Å². The number of piperazine rings is 1. The highest BCUT2D eigenvalue weighted by Gasteiger charge is 2.27. The van der Waals surface area contributed by atoms with Crippen molar-refractivity contribution in [3.8, 4) is 11.3 Å². The van der Waals surface area contributed by atoms with Crippen molar-refractivity contribution in [2.24, 2.45) is 0 Å². The molecular formula is C24H27FN4. The van der Waals surface area contributed by atoms with Crippen molar-refractivity contribution < 1.29 is 4.39 Å². The van der Waals surface area contributed by atoms with Crippen molar-refractivity contribution >= 4 is 5.82 Å². The summed E-state index contributed by atoms with van der Waals surface area (Å²) in [5.74, 6) is 0.718. The van der Waals surface area contributed by atoms with Gasteiger partial charge in [0.1, 0.15) is 5.82 Å². The topological polar surface area (TPSA) is 32.3 Å². The highest BCUT2D eigenvalue weighted by atomic mass is 19.1. The molecule has 1 aliphatic heterocycles. The van der Waals surface area contributed by atoms with E-state index < -0.39 is 0 Å². The van der Waals surface area contributed by atoms with Gasteiger partial charge < -0.3 is 4.90 Å². The molecule has 2 heterocycles. The van der Waals surface area contributed by atoms with Crippen LogP contribution in [0, 0.1) is 19.7 Å². The van der Waals surface area contributed by atoms with Gasteiger partial charge in [-0.25, -0.2) is 4.39 Å². The molecule has 1 unspecified atom stereocenters. The number of aromatic nitrogens is 2. The van der Waals surface area contributed by atoms with E-state index in [4.69, 9.17) is 0 Å². The second-order valence-electron chi connectivity index (χ2n) is 7.89. The monoisotopic (exact) mass is 390 g/mol. The van der Waals surface area contributed by atoms with Crippen LogP contribution in [-0.4, -0.2) is 40.8 Å². The van der Waals surface area contributed by atoms with Crippen molar-refractivity contribution in [2.45, 2.75) is 33.4 Å². The number of rotatable bonds is 4. The first-order valence-corrected chi connectivity index (χ1v) is 10.2. The fraction of sp³-hybridized carbons (Fsp3) is 0.333. The molecule has 1 aromatic heterocycles. The molecule has 5 heteroatoms. The van der Waals surface area contributed by atoms with Gasteiger partial charge in [0.25, 0.3) is 0 Å². The Morgan fingerprint density at radius 2 is 1.66 bits per heavy atom. The predicted octanol–water partition coefficient (Wildman–Crippen LogP) is 4.61. The summed E-state index contributed by atoms with van der Waals surface area (Å²) in [4.78, 5) is 4.87. The summed E-state index contributed by atoms with van der Waals surface area (Å²) in [5, 5.41) is 9.09. The van der Waals surface area contributed by atoms with Gasteiger partial charge in [-0.3, -0.25) is 4.90 Å². The van der Waals surface area contributed by atoms with Gasteiger partial charge in [0.2, 0.25) is 0 Å². The van der Waals surface area contributed by atoms with Crippen molar-refractivity contribution in [1.82, 2.24) is 15.1 Å². The van der Waals surface area contributed by atoms with Crippen molar-refractivity contribution in [3.63, 3.8) is 0 Å². The van der Waals surface area contributed by atoms with E-state index in [1.807, 2.05) is 0 Å². The van der Waals surface area contributed by atoms with Gasteiger partial charge in [-0.2, -0.15) is 0 Å². The molecule has 0 radical (unpaired) electrons. The van der Waals surface area contributed by atoms with E-state index in [2.05, 4.69) is 71.1 Å². The highest BCUT2D eigenvalue weighted by Crippen LogP contribution is 2.29. The Morgan fingerprint density at radius 1 is 0.931 bits per heavy atom. The highest BCUT2D eigenvalue weighted by molar-refractivity contribution is 5.67. The lowest BCUT2D eigenvalue weighted by Crippen LogP contribution is -2.52. The molecular weight excluding hydrogens is 363 g/mol. The minimum Gasteiger partial charge on any atom is -0.350 e. The van der Waals surface area contributed by atoms with Crippen molar-refractivity contribution in [1.29, 1.82) is 0 Å². The van der Waals surface area contributed by atoms with E-state index in [9.17, 15) is 4.39 Å².